The first-order valence-corrected chi connectivity index (χ1v) is 6.34. The number of ether oxygens (including phenoxy) is 2. The summed E-state index contributed by atoms with van der Waals surface area (Å²) in [6.07, 6.45) is 0.934. The van der Waals surface area contributed by atoms with Crippen molar-refractivity contribution in [3.63, 3.8) is 0 Å². The molecule has 0 fully saturated rings. The lowest BCUT2D eigenvalue weighted by molar-refractivity contribution is 0.297. The molecule has 1 aromatic rings. The molecule has 1 aromatic carbocycles. The van der Waals surface area contributed by atoms with Crippen LogP contribution in [0.25, 0.3) is 0 Å². The molecule has 2 rings (SSSR count). The molecule has 0 saturated heterocycles. The molecule has 3 heteroatoms. The quantitative estimate of drug-likeness (QED) is 0.830. The maximum absolute atomic E-state index is 5.68. The molecule has 1 unspecified atom stereocenters. The number of rotatable bonds is 3. The van der Waals surface area contributed by atoms with Gasteiger partial charge in [-0.1, -0.05) is 12.0 Å². The van der Waals surface area contributed by atoms with Crippen molar-refractivity contribution in [3.8, 4) is 23.3 Å². The zero-order chi connectivity index (χ0) is 12.8. The third kappa shape index (κ3) is 3.18. The molecule has 1 aliphatic rings. The lowest BCUT2D eigenvalue weighted by Gasteiger charge is -2.15. The summed E-state index contributed by atoms with van der Waals surface area (Å²) in [5, 5.41) is 3.35. The molecule has 3 nitrogen and oxygen atoms in total. The summed E-state index contributed by atoms with van der Waals surface area (Å²) in [6.45, 7) is 6.12. The molecule has 0 aliphatic carbocycles. The fourth-order valence-corrected chi connectivity index (χ4v) is 1.86. The molecule has 0 saturated carbocycles. The highest BCUT2D eigenvalue weighted by Crippen LogP contribution is 2.32. The van der Waals surface area contributed by atoms with Crippen molar-refractivity contribution < 1.29 is 9.47 Å². The third-order valence-electron chi connectivity index (χ3n) is 2.94. The Bertz CT molecular complexity index is 459. The van der Waals surface area contributed by atoms with Gasteiger partial charge >= 0.3 is 0 Å². The van der Waals surface area contributed by atoms with Crippen LogP contribution in [0.2, 0.25) is 0 Å². The highest BCUT2D eigenvalue weighted by atomic mass is 16.5. The van der Waals surface area contributed by atoms with Gasteiger partial charge in [0, 0.05) is 12.5 Å². The highest BCUT2D eigenvalue weighted by molar-refractivity contribution is 5.44. The normalized spacial score (nSPS) is 15.2. The summed E-state index contributed by atoms with van der Waals surface area (Å²) in [7, 11) is 0. The molecular formula is C15H19NO2. The van der Waals surface area contributed by atoms with Gasteiger partial charge in [0.05, 0.1) is 19.8 Å². The predicted octanol–water partition coefficient (Wildman–Crippen LogP) is 2.52. The van der Waals surface area contributed by atoms with E-state index in [0.717, 1.165) is 31.1 Å². The molecule has 1 aliphatic heterocycles. The van der Waals surface area contributed by atoms with E-state index in [2.05, 4.69) is 36.2 Å². The molecule has 1 N–H and O–H groups in total. The number of fused-ring (bicyclic) bond motifs is 1. The van der Waals surface area contributed by atoms with E-state index in [1.54, 1.807) is 0 Å². The Morgan fingerprint density at radius 1 is 1.28 bits per heavy atom. The summed E-state index contributed by atoms with van der Waals surface area (Å²) in [6, 6.07) is 6.37. The standard InChI is InChI=1S/C15H19NO2/c1-3-4-8-16-12(2)13-6-7-14-15(11-13)18-10-5-9-17-14/h6-7,11-12,16H,5,8-10H2,1-2H3. The molecule has 1 atom stereocenters. The molecule has 0 spiro atoms. The summed E-state index contributed by atoms with van der Waals surface area (Å²) >= 11 is 0. The van der Waals surface area contributed by atoms with Crippen LogP contribution in [0.4, 0.5) is 0 Å². The molecule has 0 amide bonds. The average molecular weight is 245 g/mol. The number of hydrogen-bond donors (Lipinski definition) is 1. The predicted molar refractivity (Wildman–Crippen MR) is 71.9 cm³/mol. The Hall–Kier alpha value is -1.66. The van der Waals surface area contributed by atoms with Crippen molar-refractivity contribution in [2.24, 2.45) is 0 Å². The second-order valence-electron chi connectivity index (χ2n) is 4.29. The Labute approximate surface area is 108 Å². The fourth-order valence-electron chi connectivity index (χ4n) is 1.86. The van der Waals surface area contributed by atoms with Gasteiger partial charge in [0.25, 0.3) is 0 Å². The minimum absolute atomic E-state index is 0.253. The van der Waals surface area contributed by atoms with E-state index < -0.39 is 0 Å². The van der Waals surface area contributed by atoms with Gasteiger partial charge < -0.3 is 9.47 Å². The van der Waals surface area contributed by atoms with Gasteiger partial charge in [0.1, 0.15) is 0 Å². The molecule has 0 aromatic heterocycles. The first kappa shape index (κ1) is 12.8. The van der Waals surface area contributed by atoms with Crippen molar-refractivity contribution >= 4 is 0 Å². The third-order valence-corrected chi connectivity index (χ3v) is 2.94. The van der Waals surface area contributed by atoms with E-state index in [9.17, 15) is 0 Å². The Morgan fingerprint density at radius 2 is 2.06 bits per heavy atom. The molecule has 18 heavy (non-hydrogen) atoms. The van der Waals surface area contributed by atoms with Crippen molar-refractivity contribution in [2.45, 2.75) is 26.3 Å². The lowest BCUT2D eigenvalue weighted by Crippen LogP contribution is -2.18. The molecule has 0 radical (unpaired) electrons. The van der Waals surface area contributed by atoms with Crippen LogP contribution < -0.4 is 14.8 Å². The topological polar surface area (TPSA) is 30.5 Å². The van der Waals surface area contributed by atoms with Crippen LogP contribution in [-0.4, -0.2) is 19.8 Å². The van der Waals surface area contributed by atoms with Crippen LogP contribution >= 0.6 is 0 Å². The SMILES string of the molecule is CC#CCNC(C)c1ccc2c(c1)OCCCO2. The van der Waals surface area contributed by atoms with Crippen molar-refractivity contribution in [2.75, 3.05) is 19.8 Å². The summed E-state index contributed by atoms with van der Waals surface area (Å²) in [4.78, 5) is 0. The van der Waals surface area contributed by atoms with E-state index in [0.29, 0.717) is 6.54 Å². The summed E-state index contributed by atoms with van der Waals surface area (Å²) in [5.74, 6) is 7.57. The average Bonchev–Trinajstić information content (AvgIpc) is 2.63. The highest BCUT2D eigenvalue weighted by Gasteiger charge is 2.12. The number of hydrogen-bond acceptors (Lipinski definition) is 3. The number of nitrogens with one attached hydrogen (secondary N) is 1. The fraction of sp³-hybridized carbons (Fsp3) is 0.467. The molecular weight excluding hydrogens is 226 g/mol. The monoisotopic (exact) mass is 245 g/mol. The van der Waals surface area contributed by atoms with E-state index in [1.807, 2.05) is 13.0 Å². The van der Waals surface area contributed by atoms with Gasteiger partial charge in [0.15, 0.2) is 11.5 Å². The van der Waals surface area contributed by atoms with Gasteiger partial charge in [-0.05, 0) is 31.5 Å². The summed E-state index contributed by atoms with van der Waals surface area (Å²) in [5.41, 5.74) is 1.19. The van der Waals surface area contributed by atoms with E-state index in [1.165, 1.54) is 5.56 Å². The van der Waals surface area contributed by atoms with Crippen molar-refractivity contribution in [3.05, 3.63) is 23.8 Å². The van der Waals surface area contributed by atoms with Gasteiger partial charge in [-0.15, -0.1) is 5.92 Å². The first-order valence-electron chi connectivity index (χ1n) is 6.34. The second kappa shape index (κ2) is 6.32. The Morgan fingerprint density at radius 3 is 2.83 bits per heavy atom. The van der Waals surface area contributed by atoms with Gasteiger partial charge in [-0.25, -0.2) is 0 Å². The van der Waals surface area contributed by atoms with Crippen molar-refractivity contribution in [1.82, 2.24) is 5.32 Å². The van der Waals surface area contributed by atoms with E-state index in [4.69, 9.17) is 9.47 Å². The zero-order valence-corrected chi connectivity index (χ0v) is 11.0. The van der Waals surface area contributed by atoms with Gasteiger partial charge in [-0.2, -0.15) is 0 Å². The summed E-state index contributed by atoms with van der Waals surface area (Å²) < 4.78 is 11.3. The van der Waals surface area contributed by atoms with Crippen molar-refractivity contribution in [1.29, 1.82) is 0 Å². The van der Waals surface area contributed by atoms with Crippen LogP contribution in [0.5, 0.6) is 11.5 Å². The molecule has 96 valence electrons. The molecule has 0 bridgehead atoms. The number of benzene rings is 1. The van der Waals surface area contributed by atoms with Crippen LogP contribution in [0.15, 0.2) is 18.2 Å². The smallest absolute Gasteiger partial charge is 0.161 e. The van der Waals surface area contributed by atoms with Crippen LogP contribution in [-0.2, 0) is 0 Å². The maximum Gasteiger partial charge on any atom is 0.161 e. The second-order valence-corrected chi connectivity index (χ2v) is 4.29. The largest absolute Gasteiger partial charge is 0.490 e. The zero-order valence-electron chi connectivity index (χ0n) is 11.0. The Balaban J connectivity index is 2.08. The van der Waals surface area contributed by atoms with Crippen LogP contribution in [0.1, 0.15) is 31.9 Å². The minimum Gasteiger partial charge on any atom is -0.490 e. The van der Waals surface area contributed by atoms with Crippen LogP contribution in [0, 0.1) is 11.8 Å². The Kier molecular flexibility index (Phi) is 4.49. The van der Waals surface area contributed by atoms with E-state index >= 15 is 0 Å². The maximum atomic E-state index is 5.68. The van der Waals surface area contributed by atoms with Crippen LogP contribution in [0.3, 0.4) is 0 Å². The van der Waals surface area contributed by atoms with Gasteiger partial charge in [0.2, 0.25) is 0 Å². The van der Waals surface area contributed by atoms with E-state index in [-0.39, 0.29) is 6.04 Å². The minimum atomic E-state index is 0.253. The lowest BCUT2D eigenvalue weighted by atomic mass is 10.1. The first-order chi connectivity index (χ1) is 8.81. The van der Waals surface area contributed by atoms with Gasteiger partial charge in [-0.3, -0.25) is 5.32 Å². The molecule has 1 heterocycles.